The first-order chi connectivity index (χ1) is 22.1. The molecular formula is C36H33Cl2N3O4S. The Morgan fingerprint density at radius 3 is 2.26 bits per heavy atom. The summed E-state index contributed by atoms with van der Waals surface area (Å²) in [7, 11) is -2.37. The monoisotopic (exact) mass is 673 g/mol. The Labute approximate surface area is 279 Å². The first-order valence-electron chi connectivity index (χ1n) is 14.7. The predicted molar refractivity (Wildman–Crippen MR) is 186 cm³/mol. The molecule has 0 saturated carbocycles. The summed E-state index contributed by atoms with van der Waals surface area (Å²) in [5, 5.41) is 1.02. The lowest BCUT2D eigenvalue weighted by atomic mass is 10.1. The van der Waals surface area contributed by atoms with E-state index in [1.807, 2.05) is 65.4 Å². The van der Waals surface area contributed by atoms with Crippen molar-refractivity contribution in [1.82, 2.24) is 9.55 Å². The number of imidazole rings is 1. The molecule has 0 aliphatic heterocycles. The van der Waals surface area contributed by atoms with Gasteiger partial charge in [0, 0.05) is 29.0 Å². The number of rotatable bonds is 12. The van der Waals surface area contributed by atoms with E-state index in [1.54, 1.807) is 48.5 Å². The van der Waals surface area contributed by atoms with Crippen molar-refractivity contribution in [2.45, 2.75) is 37.6 Å². The molecule has 46 heavy (non-hydrogen) atoms. The number of methoxy groups -OCH3 is 1. The van der Waals surface area contributed by atoms with Gasteiger partial charge < -0.3 is 9.30 Å². The first kappa shape index (κ1) is 33.0. The highest BCUT2D eigenvalue weighted by Gasteiger charge is 2.15. The van der Waals surface area contributed by atoms with Crippen LogP contribution in [0.2, 0.25) is 10.0 Å². The fourth-order valence-corrected chi connectivity index (χ4v) is 6.40. The molecule has 0 aliphatic rings. The average Bonchev–Trinajstić information content (AvgIpc) is 3.45. The highest BCUT2D eigenvalue weighted by molar-refractivity contribution is 7.92. The second kappa shape index (κ2) is 14.8. The molecule has 4 aromatic carbocycles. The number of aromatic nitrogens is 2. The normalized spacial score (nSPS) is 11.6. The third-order valence-corrected chi connectivity index (χ3v) is 9.33. The number of halogens is 2. The van der Waals surface area contributed by atoms with Crippen molar-refractivity contribution in [3.05, 3.63) is 135 Å². The van der Waals surface area contributed by atoms with E-state index in [0.717, 1.165) is 41.5 Å². The number of nitrogens with one attached hydrogen (secondary N) is 1. The average molecular weight is 675 g/mol. The molecule has 0 aliphatic carbocycles. The molecule has 0 radical (unpaired) electrons. The lowest BCUT2D eigenvalue weighted by Crippen LogP contribution is -2.12. The zero-order valence-electron chi connectivity index (χ0n) is 25.4. The molecule has 1 N–H and O–H groups in total. The number of benzene rings is 4. The topological polar surface area (TPSA) is 90.3 Å². The van der Waals surface area contributed by atoms with Gasteiger partial charge in [0.2, 0.25) is 0 Å². The molecule has 1 aromatic heterocycles. The van der Waals surface area contributed by atoms with Crippen LogP contribution >= 0.6 is 23.2 Å². The summed E-state index contributed by atoms with van der Waals surface area (Å²) in [6.07, 6.45) is 8.78. The molecule has 5 aromatic rings. The summed E-state index contributed by atoms with van der Waals surface area (Å²) in [5.41, 5.74) is 5.29. The van der Waals surface area contributed by atoms with Gasteiger partial charge in [-0.25, -0.2) is 18.2 Å². The lowest BCUT2D eigenvalue weighted by Gasteiger charge is -2.09. The van der Waals surface area contributed by atoms with Crippen LogP contribution in [0, 0.1) is 0 Å². The maximum absolute atomic E-state index is 13.0. The van der Waals surface area contributed by atoms with Gasteiger partial charge in [0.05, 0.1) is 28.3 Å². The molecule has 10 heteroatoms. The van der Waals surface area contributed by atoms with Crippen LogP contribution in [0.25, 0.3) is 23.4 Å². The summed E-state index contributed by atoms with van der Waals surface area (Å²) >= 11 is 12.6. The number of hydrogen-bond donors (Lipinski definition) is 1. The zero-order chi connectivity index (χ0) is 32.7. The van der Waals surface area contributed by atoms with Crippen LogP contribution in [0.3, 0.4) is 0 Å². The number of sulfonamides is 1. The Kier molecular flexibility index (Phi) is 10.6. The minimum atomic E-state index is -3.72. The Bertz CT molecular complexity index is 1950. The van der Waals surface area contributed by atoms with Crippen LogP contribution in [0.1, 0.15) is 52.6 Å². The zero-order valence-corrected chi connectivity index (χ0v) is 27.7. The molecule has 0 fully saturated rings. The van der Waals surface area contributed by atoms with E-state index in [2.05, 4.69) is 11.6 Å². The largest absolute Gasteiger partial charge is 0.465 e. The van der Waals surface area contributed by atoms with E-state index < -0.39 is 16.0 Å². The second-order valence-electron chi connectivity index (χ2n) is 10.7. The van der Waals surface area contributed by atoms with Gasteiger partial charge in [-0.3, -0.25) is 4.72 Å². The summed E-state index contributed by atoms with van der Waals surface area (Å²) < 4.78 is 35.4. The van der Waals surface area contributed by atoms with E-state index in [0.29, 0.717) is 39.4 Å². The predicted octanol–water partition coefficient (Wildman–Crippen LogP) is 9.01. The first-order valence-corrected chi connectivity index (χ1v) is 17.0. The third-order valence-electron chi connectivity index (χ3n) is 7.38. The van der Waals surface area contributed by atoms with E-state index in [4.69, 9.17) is 32.9 Å². The maximum Gasteiger partial charge on any atom is 0.337 e. The smallest absolute Gasteiger partial charge is 0.337 e. The van der Waals surface area contributed by atoms with Gasteiger partial charge in [-0.05, 0) is 90.2 Å². The van der Waals surface area contributed by atoms with Crippen LogP contribution < -0.4 is 4.72 Å². The van der Waals surface area contributed by atoms with Crippen LogP contribution in [0.4, 0.5) is 5.69 Å². The van der Waals surface area contributed by atoms with E-state index in [-0.39, 0.29) is 4.90 Å². The number of esters is 1. The standard InChI is InChI=1S/C36H33Cl2N3O4S/c1-3-4-5-25-10-18-31(19-11-25)46(43,44)40-30-16-8-26(9-17-30)12-21-35-39-34(32-20-15-29(37)22-33(32)38)24-41(35)23-27-6-13-28(14-7-27)36(42)45-2/h6-22,24,40H,3-5,23H2,1-2H3/b21-12+. The number of ether oxygens (including phenoxy) is 1. The minimum Gasteiger partial charge on any atom is -0.465 e. The Hall–Kier alpha value is -4.37. The number of aryl methyl sites for hydroxylation is 1. The molecule has 7 nitrogen and oxygen atoms in total. The van der Waals surface area contributed by atoms with Crippen molar-refractivity contribution >= 4 is 57.0 Å². The summed E-state index contributed by atoms with van der Waals surface area (Å²) in [4.78, 5) is 16.9. The number of carbonyl (C=O) groups excluding carboxylic acids is 1. The molecule has 0 bridgehead atoms. The van der Waals surface area contributed by atoms with Gasteiger partial charge in [-0.15, -0.1) is 0 Å². The molecule has 0 atom stereocenters. The molecule has 0 unspecified atom stereocenters. The van der Waals surface area contributed by atoms with Crippen LogP contribution in [0.5, 0.6) is 0 Å². The van der Waals surface area contributed by atoms with E-state index in [9.17, 15) is 13.2 Å². The Morgan fingerprint density at radius 2 is 1.61 bits per heavy atom. The highest BCUT2D eigenvalue weighted by atomic mass is 35.5. The molecule has 0 amide bonds. The van der Waals surface area contributed by atoms with Gasteiger partial charge >= 0.3 is 5.97 Å². The number of hydrogen-bond acceptors (Lipinski definition) is 5. The van der Waals surface area contributed by atoms with Crippen LogP contribution in [-0.4, -0.2) is 31.0 Å². The third kappa shape index (κ3) is 8.26. The highest BCUT2D eigenvalue weighted by Crippen LogP contribution is 2.30. The van der Waals surface area contributed by atoms with Crippen molar-refractivity contribution in [2.75, 3.05) is 11.8 Å². The maximum atomic E-state index is 13.0. The SMILES string of the molecule is CCCCc1ccc(S(=O)(=O)Nc2ccc(/C=C/c3nc(-c4ccc(Cl)cc4Cl)cn3Cc3ccc(C(=O)OC)cc3)cc2)cc1. The summed E-state index contributed by atoms with van der Waals surface area (Å²) in [5.74, 6) is 0.276. The molecule has 0 spiro atoms. The fraction of sp³-hybridized carbons (Fsp3) is 0.167. The van der Waals surface area contributed by atoms with Gasteiger partial charge in [-0.1, -0.05) is 79.0 Å². The summed E-state index contributed by atoms with van der Waals surface area (Å²) in [6, 6.07) is 26.6. The number of unbranched alkanes of at least 4 members (excludes halogenated alkanes) is 1. The Morgan fingerprint density at radius 1 is 0.913 bits per heavy atom. The number of anilines is 1. The van der Waals surface area contributed by atoms with Gasteiger partial charge in [0.1, 0.15) is 5.82 Å². The fourth-order valence-electron chi connectivity index (χ4n) is 4.84. The molecule has 236 valence electrons. The molecule has 5 rings (SSSR count). The van der Waals surface area contributed by atoms with E-state index in [1.165, 1.54) is 7.11 Å². The van der Waals surface area contributed by atoms with E-state index >= 15 is 0 Å². The van der Waals surface area contributed by atoms with Crippen molar-refractivity contribution in [1.29, 1.82) is 0 Å². The van der Waals surface area contributed by atoms with Crippen LogP contribution in [0.15, 0.2) is 102 Å². The van der Waals surface area contributed by atoms with Crippen molar-refractivity contribution in [3.8, 4) is 11.3 Å². The number of nitrogens with zero attached hydrogens (tertiary/aromatic N) is 2. The molecule has 1 heterocycles. The van der Waals surface area contributed by atoms with Gasteiger partial charge in [0.15, 0.2) is 0 Å². The second-order valence-corrected chi connectivity index (χ2v) is 13.3. The van der Waals surface area contributed by atoms with Crippen molar-refractivity contribution in [2.24, 2.45) is 0 Å². The lowest BCUT2D eigenvalue weighted by molar-refractivity contribution is 0.0600. The molecular weight excluding hydrogens is 641 g/mol. The van der Waals surface area contributed by atoms with Crippen molar-refractivity contribution in [3.63, 3.8) is 0 Å². The number of carbonyl (C=O) groups is 1. The van der Waals surface area contributed by atoms with Gasteiger partial charge in [0.25, 0.3) is 10.0 Å². The minimum absolute atomic E-state index is 0.222. The molecule has 0 saturated heterocycles. The quantitative estimate of drug-likeness (QED) is 0.134. The summed E-state index contributed by atoms with van der Waals surface area (Å²) in [6.45, 7) is 2.62. The van der Waals surface area contributed by atoms with Crippen LogP contribution in [-0.2, 0) is 27.7 Å². The van der Waals surface area contributed by atoms with Crippen molar-refractivity contribution < 1.29 is 17.9 Å². The Balaban J connectivity index is 1.35. The van der Waals surface area contributed by atoms with Gasteiger partial charge in [-0.2, -0.15) is 0 Å².